The van der Waals surface area contributed by atoms with Gasteiger partial charge >= 0.3 is 98.6 Å². The number of carboxylic acid groups (broad SMARTS) is 2. The van der Waals surface area contributed by atoms with Crippen LogP contribution in [0.4, 0.5) is 0 Å². The number of hydrogen-bond donors (Lipinski definition) is 4. The van der Waals surface area contributed by atoms with E-state index < -0.39 is 24.0 Å². The molecule has 0 amide bonds. The van der Waals surface area contributed by atoms with E-state index in [9.17, 15) is 9.59 Å². The van der Waals surface area contributed by atoms with E-state index in [-0.39, 0.29) is 26.3 Å². The summed E-state index contributed by atoms with van der Waals surface area (Å²) < 4.78 is 0. The first-order chi connectivity index (χ1) is 6.95. The van der Waals surface area contributed by atoms with Gasteiger partial charge < -0.3 is 0 Å². The Labute approximate surface area is 98.6 Å². The van der Waals surface area contributed by atoms with Crippen molar-refractivity contribution in [3.63, 3.8) is 0 Å². The minimum absolute atomic E-state index is 0.211. The number of carboxylic acids is 2. The molecule has 0 radical (unpaired) electrons. The van der Waals surface area contributed by atoms with E-state index in [0.29, 0.717) is 11.7 Å². The minimum atomic E-state index is -0.986. The first kappa shape index (κ1) is 14.9. The van der Waals surface area contributed by atoms with Crippen molar-refractivity contribution < 1.29 is 19.8 Å². The summed E-state index contributed by atoms with van der Waals surface area (Å²) in [5, 5.41) is 18.3. The molecule has 0 heterocycles. The molecule has 0 aromatic carbocycles. The van der Waals surface area contributed by atoms with Gasteiger partial charge in [0.25, 0.3) is 0 Å². The molecule has 6 N–H and O–H groups in total. The normalized spacial score (nSPS) is 14.5. The number of hydrogen-bond acceptors (Lipinski definition) is 4. The molecule has 15 heavy (non-hydrogen) atoms. The van der Waals surface area contributed by atoms with Gasteiger partial charge in [-0.05, 0) is 0 Å². The summed E-state index contributed by atoms with van der Waals surface area (Å²) in [5.74, 6) is -1.96. The molecule has 0 saturated carbocycles. The summed E-state index contributed by atoms with van der Waals surface area (Å²) in [6, 6.07) is -1.57. The van der Waals surface area contributed by atoms with E-state index in [1.807, 2.05) is 0 Å². The van der Waals surface area contributed by atoms with E-state index in [0.717, 1.165) is 5.32 Å². The van der Waals surface area contributed by atoms with Gasteiger partial charge in [-0.1, -0.05) is 0 Å². The van der Waals surface area contributed by atoms with Crippen LogP contribution in [0.1, 0.15) is 6.42 Å². The molecule has 0 aromatic heterocycles. The van der Waals surface area contributed by atoms with Crippen LogP contribution < -0.4 is 11.5 Å². The first-order valence-corrected chi connectivity index (χ1v) is 10.9. The predicted octanol–water partition coefficient (Wildman–Crippen LogP) is -1.64. The van der Waals surface area contributed by atoms with Crippen LogP contribution in [-0.4, -0.2) is 60.5 Å². The summed E-state index contributed by atoms with van der Waals surface area (Å²) in [6.45, 7) is 0. The maximum absolute atomic E-state index is 10.4. The molecular weight excluding hydrogens is 334 g/mol. The summed E-state index contributed by atoms with van der Waals surface area (Å²) >= 11 is 0.496. The van der Waals surface area contributed by atoms with Crippen LogP contribution in [0.25, 0.3) is 0 Å². The fourth-order valence-corrected chi connectivity index (χ4v) is 7.32. The van der Waals surface area contributed by atoms with E-state index in [1.165, 1.54) is 0 Å². The van der Waals surface area contributed by atoms with Gasteiger partial charge in [-0.2, -0.15) is 0 Å². The quantitative estimate of drug-likeness (QED) is 0.308. The maximum atomic E-state index is 10.4. The summed E-state index contributed by atoms with van der Waals surface area (Å²) in [7, 11) is 0. The fraction of sp³-hybridized carbons (Fsp3) is 0.714. The summed E-state index contributed by atoms with van der Waals surface area (Å²) in [4.78, 5) is 20.7. The van der Waals surface area contributed by atoms with E-state index in [4.69, 9.17) is 21.7 Å². The third kappa shape index (κ3) is 7.79. The molecule has 8 heteroatoms. The average Bonchev–Trinajstić information content (AvgIpc) is 2.16. The fourth-order valence-electron chi connectivity index (χ4n) is 0.550. The molecule has 0 fully saturated rings. The summed E-state index contributed by atoms with van der Waals surface area (Å²) in [6.07, 6.45) is 0.458. The van der Waals surface area contributed by atoms with Crippen molar-refractivity contribution in [1.82, 2.24) is 0 Å². The third-order valence-electron chi connectivity index (χ3n) is 1.48. The van der Waals surface area contributed by atoms with Crippen LogP contribution >= 0.6 is 0 Å². The molecule has 88 valence electrons. The van der Waals surface area contributed by atoms with Crippen LogP contribution in [0.2, 0.25) is 10.6 Å². The van der Waals surface area contributed by atoms with Gasteiger partial charge in [-0.15, -0.1) is 0 Å². The van der Waals surface area contributed by atoms with Crippen LogP contribution in [0, 0.1) is 0 Å². The van der Waals surface area contributed by atoms with Crippen molar-refractivity contribution in [2.75, 3.05) is 0 Å². The van der Waals surface area contributed by atoms with Gasteiger partial charge in [0.15, 0.2) is 0 Å². The van der Waals surface area contributed by atoms with Crippen LogP contribution in [0.5, 0.6) is 0 Å². The number of nitrogens with two attached hydrogens (primary N) is 2. The Bertz CT molecular complexity index is 205. The van der Waals surface area contributed by atoms with Crippen molar-refractivity contribution in [3.8, 4) is 0 Å². The SMILES string of the molecule is N[C@@H](CC[Se][Se]C[C@H](N)C(=O)O)C(=O)O. The van der Waals surface area contributed by atoms with E-state index >= 15 is 0 Å². The number of aliphatic carboxylic acids is 2. The van der Waals surface area contributed by atoms with Gasteiger partial charge in [-0.3, -0.25) is 0 Å². The molecule has 0 bridgehead atoms. The Morgan fingerprint density at radius 2 is 1.60 bits per heavy atom. The topological polar surface area (TPSA) is 127 Å². The van der Waals surface area contributed by atoms with Gasteiger partial charge in [0, 0.05) is 0 Å². The second kappa shape index (κ2) is 8.10. The Balaban J connectivity index is 3.40. The zero-order valence-electron chi connectivity index (χ0n) is 7.96. The monoisotopic (exact) mass is 350 g/mol. The number of rotatable bonds is 8. The van der Waals surface area contributed by atoms with Gasteiger partial charge in [-0.25, -0.2) is 0 Å². The van der Waals surface area contributed by atoms with E-state index in [2.05, 4.69) is 0 Å². The second-order valence-electron chi connectivity index (χ2n) is 2.78. The standard InChI is InChI=1S/C7H14N2O4Se2/c8-4(6(10)11)1-2-14-15-3-5(9)7(12)13/h4-5H,1-3,8-9H2,(H,10,11)(H,12,13)/t4-,5-/m0/s1. The molecule has 0 unspecified atom stereocenters. The van der Waals surface area contributed by atoms with Crippen molar-refractivity contribution in [1.29, 1.82) is 0 Å². The van der Waals surface area contributed by atoms with Crippen molar-refractivity contribution in [2.45, 2.75) is 29.1 Å². The molecule has 0 aromatic rings. The molecule has 0 saturated heterocycles. The molecule has 0 aliphatic heterocycles. The summed E-state index contributed by atoms with van der Waals surface area (Å²) in [5.41, 5.74) is 10.6. The molecule has 0 spiro atoms. The zero-order chi connectivity index (χ0) is 11.8. The van der Waals surface area contributed by atoms with E-state index in [1.54, 1.807) is 0 Å². The molecule has 6 nitrogen and oxygen atoms in total. The van der Waals surface area contributed by atoms with Crippen LogP contribution in [0.3, 0.4) is 0 Å². The Hall–Kier alpha value is -0.101. The Morgan fingerprint density at radius 1 is 1.07 bits per heavy atom. The average molecular weight is 348 g/mol. The molecule has 0 aliphatic carbocycles. The van der Waals surface area contributed by atoms with Gasteiger partial charge in [0.2, 0.25) is 0 Å². The first-order valence-electron chi connectivity index (χ1n) is 4.16. The van der Waals surface area contributed by atoms with Gasteiger partial charge in [0.1, 0.15) is 0 Å². The molecule has 2 atom stereocenters. The number of carbonyl (C=O) groups is 2. The Morgan fingerprint density at radius 3 is 2.07 bits per heavy atom. The van der Waals surface area contributed by atoms with Crippen molar-refractivity contribution >= 4 is 38.2 Å². The van der Waals surface area contributed by atoms with Crippen molar-refractivity contribution in [2.24, 2.45) is 11.5 Å². The predicted molar refractivity (Wildman–Crippen MR) is 57.0 cm³/mol. The molecular formula is C7H14N2O4Se2. The molecule has 0 rings (SSSR count). The molecule has 0 aliphatic rings. The van der Waals surface area contributed by atoms with Crippen LogP contribution in [0.15, 0.2) is 0 Å². The van der Waals surface area contributed by atoms with Crippen LogP contribution in [-0.2, 0) is 9.59 Å². The van der Waals surface area contributed by atoms with Gasteiger partial charge in [0.05, 0.1) is 0 Å². The third-order valence-corrected chi connectivity index (χ3v) is 8.83. The second-order valence-corrected chi connectivity index (χ2v) is 10.5. The Kier molecular flexibility index (Phi) is 8.04. The van der Waals surface area contributed by atoms with Crippen molar-refractivity contribution in [3.05, 3.63) is 0 Å². The zero-order valence-corrected chi connectivity index (χ0v) is 11.4.